The van der Waals surface area contributed by atoms with Crippen molar-refractivity contribution in [3.05, 3.63) is 47.8 Å². The number of carboxylic acid groups (broad SMARTS) is 1. The number of nitrogens with one attached hydrogen (secondary N) is 1. The molecule has 0 aliphatic heterocycles. The molecule has 0 aliphatic carbocycles. The zero-order valence-electron chi connectivity index (χ0n) is 11.9. The second-order valence-corrected chi connectivity index (χ2v) is 4.93. The van der Waals surface area contributed by atoms with Gasteiger partial charge in [-0.1, -0.05) is 19.1 Å². The summed E-state index contributed by atoms with van der Waals surface area (Å²) in [5, 5.41) is 15.6. The van der Waals surface area contributed by atoms with Crippen LogP contribution in [-0.4, -0.2) is 26.8 Å². The Bertz CT molecular complexity index is 646. The second-order valence-electron chi connectivity index (χ2n) is 4.93. The molecule has 1 amide bonds. The number of aromatic nitrogens is 2. The van der Waals surface area contributed by atoms with E-state index in [0.717, 1.165) is 5.56 Å². The van der Waals surface area contributed by atoms with Gasteiger partial charge in [-0.3, -0.25) is 14.3 Å². The van der Waals surface area contributed by atoms with Gasteiger partial charge in [0.2, 0.25) is 0 Å². The molecule has 1 atom stereocenters. The molecule has 6 nitrogen and oxygen atoms in total. The standard InChI is InChI=1S/C15H17N3O3/c1-10(15(20)21)9-11-3-5-12(6-4-11)17-14(19)13-7-8-16-18(13)2/h3-8,10H,9H2,1-2H3,(H,17,19)(H,20,21)/t10-/m1/s1. The minimum absolute atomic E-state index is 0.235. The first-order valence-corrected chi connectivity index (χ1v) is 6.58. The van der Waals surface area contributed by atoms with Gasteiger partial charge in [0.1, 0.15) is 5.69 Å². The molecule has 0 radical (unpaired) electrons. The Morgan fingerprint density at radius 3 is 2.48 bits per heavy atom. The van der Waals surface area contributed by atoms with Crippen molar-refractivity contribution in [1.82, 2.24) is 9.78 Å². The first kappa shape index (κ1) is 14.8. The molecular weight excluding hydrogens is 270 g/mol. The fourth-order valence-corrected chi connectivity index (χ4v) is 1.96. The van der Waals surface area contributed by atoms with Crippen LogP contribution in [-0.2, 0) is 18.3 Å². The van der Waals surface area contributed by atoms with Crippen LogP contribution in [0.3, 0.4) is 0 Å². The third-order valence-corrected chi connectivity index (χ3v) is 3.23. The largest absolute Gasteiger partial charge is 0.481 e. The number of amides is 1. The molecule has 2 rings (SSSR count). The van der Waals surface area contributed by atoms with E-state index < -0.39 is 11.9 Å². The third kappa shape index (κ3) is 3.68. The molecule has 1 aromatic carbocycles. The quantitative estimate of drug-likeness (QED) is 0.880. The molecule has 0 bridgehead atoms. The minimum Gasteiger partial charge on any atom is -0.481 e. The number of nitrogens with zero attached hydrogens (tertiary/aromatic N) is 2. The molecule has 0 saturated heterocycles. The van der Waals surface area contributed by atoms with E-state index in [1.54, 1.807) is 38.4 Å². The van der Waals surface area contributed by atoms with Gasteiger partial charge in [-0.15, -0.1) is 0 Å². The van der Waals surface area contributed by atoms with Gasteiger partial charge in [-0.25, -0.2) is 0 Å². The first-order valence-electron chi connectivity index (χ1n) is 6.58. The number of benzene rings is 1. The van der Waals surface area contributed by atoms with E-state index in [4.69, 9.17) is 5.11 Å². The average molecular weight is 287 g/mol. The van der Waals surface area contributed by atoms with Crippen LogP contribution in [0.1, 0.15) is 23.0 Å². The van der Waals surface area contributed by atoms with Gasteiger partial charge < -0.3 is 10.4 Å². The van der Waals surface area contributed by atoms with Crippen molar-refractivity contribution in [3.63, 3.8) is 0 Å². The van der Waals surface area contributed by atoms with Crippen LogP contribution in [0.4, 0.5) is 5.69 Å². The number of anilines is 1. The predicted molar refractivity (Wildman–Crippen MR) is 78.1 cm³/mol. The Hall–Kier alpha value is -2.63. The Morgan fingerprint density at radius 1 is 1.29 bits per heavy atom. The highest BCUT2D eigenvalue weighted by molar-refractivity contribution is 6.02. The fourth-order valence-electron chi connectivity index (χ4n) is 1.96. The molecule has 0 spiro atoms. The smallest absolute Gasteiger partial charge is 0.306 e. The third-order valence-electron chi connectivity index (χ3n) is 3.23. The molecule has 110 valence electrons. The van der Waals surface area contributed by atoms with E-state index in [2.05, 4.69) is 10.4 Å². The van der Waals surface area contributed by atoms with Crippen molar-refractivity contribution in [2.24, 2.45) is 13.0 Å². The summed E-state index contributed by atoms with van der Waals surface area (Å²) in [6, 6.07) is 8.80. The van der Waals surface area contributed by atoms with Gasteiger partial charge in [0.05, 0.1) is 5.92 Å². The van der Waals surface area contributed by atoms with Crippen molar-refractivity contribution >= 4 is 17.6 Å². The molecule has 2 N–H and O–H groups in total. The zero-order valence-corrected chi connectivity index (χ0v) is 11.9. The predicted octanol–water partition coefficient (Wildman–Crippen LogP) is 1.94. The number of carboxylic acids is 1. The number of rotatable bonds is 5. The molecule has 6 heteroatoms. The fraction of sp³-hybridized carbons (Fsp3) is 0.267. The van der Waals surface area contributed by atoms with Crippen LogP contribution in [0.15, 0.2) is 36.5 Å². The van der Waals surface area contributed by atoms with E-state index >= 15 is 0 Å². The van der Waals surface area contributed by atoms with E-state index in [-0.39, 0.29) is 5.91 Å². The lowest BCUT2D eigenvalue weighted by molar-refractivity contribution is -0.141. The first-order chi connectivity index (χ1) is 9.97. The van der Waals surface area contributed by atoms with Gasteiger partial charge in [-0.05, 0) is 30.2 Å². The topological polar surface area (TPSA) is 84.2 Å². The minimum atomic E-state index is -0.816. The maximum atomic E-state index is 12.0. The van der Waals surface area contributed by atoms with Gasteiger partial charge in [0.15, 0.2) is 0 Å². The van der Waals surface area contributed by atoms with Crippen molar-refractivity contribution in [2.45, 2.75) is 13.3 Å². The van der Waals surface area contributed by atoms with Crippen LogP contribution in [0.25, 0.3) is 0 Å². The summed E-state index contributed by atoms with van der Waals surface area (Å²) in [6.45, 7) is 1.67. The van der Waals surface area contributed by atoms with Gasteiger partial charge in [0, 0.05) is 18.9 Å². The molecule has 0 unspecified atom stereocenters. The molecule has 0 aliphatic rings. The highest BCUT2D eigenvalue weighted by Crippen LogP contribution is 2.14. The average Bonchev–Trinajstić information content (AvgIpc) is 2.87. The summed E-state index contributed by atoms with van der Waals surface area (Å²) in [5.74, 6) is -1.48. The lowest BCUT2D eigenvalue weighted by atomic mass is 10.0. The molecule has 2 aromatic rings. The Kier molecular flexibility index (Phi) is 4.37. The SMILES string of the molecule is C[C@H](Cc1ccc(NC(=O)c2ccnn2C)cc1)C(=O)O. The molecule has 1 aromatic heterocycles. The normalized spacial score (nSPS) is 11.9. The van der Waals surface area contributed by atoms with Gasteiger partial charge in [-0.2, -0.15) is 5.10 Å². The number of hydrogen-bond acceptors (Lipinski definition) is 3. The van der Waals surface area contributed by atoms with Crippen LogP contribution in [0, 0.1) is 5.92 Å². The van der Waals surface area contributed by atoms with Crippen molar-refractivity contribution in [1.29, 1.82) is 0 Å². The molecule has 0 saturated carbocycles. The Morgan fingerprint density at radius 2 is 1.95 bits per heavy atom. The number of carbonyl (C=O) groups excluding carboxylic acids is 1. The number of carbonyl (C=O) groups is 2. The van der Waals surface area contributed by atoms with Crippen molar-refractivity contribution < 1.29 is 14.7 Å². The summed E-state index contributed by atoms with van der Waals surface area (Å²) < 4.78 is 1.50. The lowest BCUT2D eigenvalue weighted by Gasteiger charge is -2.08. The molecular formula is C15H17N3O3. The number of aryl methyl sites for hydroxylation is 1. The molecule has 1 heterocycles. The Labute approximate surface area is 122 Å². The van der Waals surface area contributed by atoms with Crippen LogP contribution in [0.2, 0.25) is 0 Å². The number of hydrogen-bond donors (Lipinski definition) is 2. The van der Waals surface area contributed by atoms with Crippen LogP contribution < -0.4 is 5.32 Å². The monoisotopic (exact) mass is 287 g/mol. The summed E-state index contributed by atoms with van der Waals surface area (Å²) in [7, 11) is 1.70. The van der Waals surface area contributed by atoms with Crippen LogP contribution >= 0.6 is 0 Å². The Balaban J connectivity index is 2.01. The molecule has 21 heavy (non-hydrogen) atoms. The van der Waals surface area contributed by atoms with E-state index in [1.807, 2.05) is 12.1 Å². The highest BCUT2D eigenvalue weighted by Gasteiger charge is 2.12. The summed E-state index contributed by atoms with van der Waals surface area (Å²) in [4.78, 5) is 22.8. The van der Waals surface area contributed by atoms with Gasteiger partial charge >= 0.3 is 5.97 Å². The van der Waals surface area contributed by atoms with Crippen LogP contribution in [0.5, 0.6) is 0 Å². The van der Waals surface area contributed by atoms with Gasteiger partial charge in [0.25, 0.3) is 5.91 Å². The summed E-state index contributed by atoms with van der Waals surface area (Å²) in [5.41, 5.74) is 2.05. The van der Waals surface area contributed by atoms with E-state index in [9.17, 15) is 9.59 Å². The summed E-state index contributed by atoms with van der Waals surface area (Å²) in [6.07, 6.45) is 2.02. The second kappa shape index (κ2) is 6.21. The molecule has 0 fully saturated rings. The maximum Gasteiger partial charge on any atom is 0.306 e. The zero-order chi connectivity index (χ0) is 15.4. The van der Waals surface area contributed by atoms with E-state index in [0.29, 0.717) is 17.8 Å². The highest BCUT2D eigenvalue weighted by atomic mass is 16.4. The maximum absolute atomic E-state index is 12.0. The number of aliphatic carboxylic acids is 1. The van der Waals surface area contributed by atoms with Crippen molar-refractivity contribution in [3.8, 4) is 0 Å². The van der Waals surface area contributed by atoms with E-state index in [1.165, 1.54) is 4.68 Å². The lowest BCUT2D eigenvalue weighted by Crippen LogP contribution is -2.16. The van der Waals surface area contributed by atoms with Crippen molar-refractivity contribution in [2.75, 3.05) is 5.32 Å². The summed E-state index contributed by atoms with van der Waals surface area (Å²) >= 11 is 0.